The van der Waals surface area contributed by atoms with E-state index >= 15 is 0 Å². The topological polar surface area (TPSA) is 29.5 Å². The molecule has 0 radical (unpaired) electrons. The number of aryl methyl sites for hydroxylation is 2. The van der Waals surface area contributed by atoms with Crippen molar-refractivity contribution in [3.05, 3.63) is 53.6 Å². The Morgan fingerprint density at radius 2 is 1.76 bits per heavy atom. The molecule has 180 valence electrons. The maximum Gasteiger partial charge on any atom is 0.248 e. The molecule has 0 unspecified atom stereocenters. The lowest BCUT2D eigenvalue weighted by atomic mass is 9.98. The standard InChI is InChI=1S/C28H36F2O2S/c1-3-5-6-9-21-10-13-25(22(4-2)18-21)27-19-23-11-12-24(20-26(23)33-27)32-17-8-15-28(29,30)14-7-16-31/h10-13,18-20,31H,3-9,14-17H2,1-2H3. The number of hydrogen-bond acceptors (Lipinski definition) is 3. The molecule has 1 heterocycles. The molecular weight excluding hydrogens is 438 g/mol. The highest BCUT2D eigenvalue weighted by Gasteiger charge is 2.27. The number of rotatable bonds is 14. The van der Waals surface area contributed by atoms with Crippen molar-refractivity contribution in [2.45, 2.75) is 77.6 Å². The molecule has 1 aromatic heterocycles. The van der Waals surface area contributed by atoms with Crippen LogP contribution in [0.4, 0.5) is 8.78 Å². The molecule has 0 fully saturated rings. The monoisotopic (exact) mass is 474 g/mol. The Labute approximate surface area is 200 Å². The summed E-state index contributed by atoms with van der Waals surface area (Å²) < 4.78 is 34.3. The molecule has 0 saturated carbocycles. The summed E-state index contributed by atoms with van der Waals surface area (Å²) in [5.41, 5.74) is 4.10. The average Bonchev–Trinajstić information content (AvgIpc) is 3.24. The summed E-state index contributed by atoms with van der Waals surface area (Å²) >= 11 is 1.75. The maximum atomic E-state index is 13.7. The highest BCUT2D eigenvalue weighted by Crippen LogP contribution is 2.37. The summed E-state index contributed by atoms with van der Waals surface area (Å²) in [6.45, 7) is 4.51. The average molecular weight is 475 g/mol. The normalized spacial score (nSPS) is 11.9. The van der Waals surface area contributed by atoms with Crippen LogP contribution in [-0.2, 0) is 12.8 Å². The molecule has 33 heavy (non-hydrogen) atoms. The summed E-state index contributed by atoms with van der Waals surface area (Å²) in [5, 5.41) is 9.91. The largest absolute Gasteiger partial charge is 0.494 e. The Morgan fingerprint density at radius 1 is 0.939 bits per heavy atom. The molecule has 0 saturated heterocycles. The number of unbranched alkanes of at least 4 members (excludes halogenated alkanes) is 2. The van der Waals surface area contributed by atoms with E-state index < -0.39 is 5.92 Å². The van der Waals surface area contributed by atoms with Gasteiger partial charge in [0.2, 0.25) is 5.92 Å². The van der Waals surface area contributed by atoms with Gasteiger partial charge in [0.15, 0.2) is 0 Å². The Bertz CT molecular complexity index is 1010. The smallest absolute Gasteiger partial charge is 0.248 e. The van der Waals surface area contributed by atoms with Crippen molar-refractivity contribution in [3.63, 3.8) is 0 Å². The summed E-state index contributed by atoms with van der Waals surface area (Å²) in [6, 6.07) is 15.1. The molecule has 0 bridgehead atoms. The number of benzene rings is 2. The van der Waals surface area contributed by atoms with Gasteiger partial charge in [-0.25, -0.2) is 8.78 Å². The minimum atomic E-state index is -2.73. The van der Waals surface area contributed by atoms with Gasteiger partial charge in [0.25, 0.3) is 0 Å². The molecule has 0 aliphatic rings. The number of ether oxygens (including phenoxy) is 1. The van der Waals surface area contributed by atoms with Gasteiger partial charge in [-0.3, -0.25) is 0 Å². The Balaban J connectivity index is 1.65. The third kappa shape index (κ3) is 7.51. The van der Waals surface area contributed by atoms with Gasteiger partial charge in [0, 0.05) is 29.0 Å². The number of alkyl halides is 2. The highest BCUT2D eigenvalue weighted by atomic mass is 32.1. The van der Waals surface area contributed by atoms with E-state index in [1.165, 1.54) is 46.2 Å². The van der Waals surface area contributed by atoms with Gasteiger partial charge in [-0.15, -0.1) is 11.3 Å². The fourth-order valence-electron chi connectivity index (χ4n) is 4.13. The van der Waals surface area contributed by atoms with Crippen LogP contribution < -0.4 is 4.74 Å². The maximum absolute atomic E-state index is 13.7. The zero-order valence-corrected chi connectivity index (χ0v) is 20.7. The van der Waals surface area contributed by atoms with Crippen LogP contribution in [0.3, 0.4) is 0 Å². The van der Waals surface area contributed by atoms with Crippen LogP contribution in [0.25, 0.3) is 20.5 Å². The van der Waals surface area contributed by atoms with Gasteiger partial charge in [0.1, 0.15) is 5.75 Å². The number of fused-ring (bicyclic) bond motifs is 1. The fraction of sp³-hybridized carbons (Fsp3) is 0.500. The van der Waals surface area contributed by atoms with Crippen LogP contribution in [0.5, 0.6) is 5.75 Å². The van der Waals surface area contributed by atoms with E-state index in [0.717, 1.165) is 23.3 Å². The molecule has 0 aliphatic carbocycles. The third-order valence-corrected chi connectivity index (χ3v) is 7.16. The Morgan fingerprint density at radius 3 is 2.52 bits per heavy atom. The van der Waals surface area contributed by atoms with E-state index in [2.05, 4.69) is 38.1 Å². The van der Waals surface area contributed by atoms with Crippen molar-refractivity contribution in [2.24, 2.45) is 0 Å². The van der Waals surface area contributed by atoms with Crippen molar-refractivity contribution >= 4 is 21.4 Å². The van der Waals surface area contributed by atoms with Gasteiger partial charge in [-0.1, -0.05) is 44.9 Å². The first kappa shape index (κ1) is 25.6. The van der Waals surface area contributed by atoms with Crippen LogP contribution >= 0.6 is 11.3 Å². The quantitative estimate of drug-likeness (QED) is 0.238. The van der Waals surface area contributed by atoms with Crippen molar-refractivity contribution in [1.82, 2.24) is 0 Å². The van der Waals surface area contributed by atoms with E-state index in [1.807, 2.05) is 18.2 Å². The minimum absolute atomic E-state index is 0.132. The number of hydrogen-bond donors (Lipinski definition) is 1. The van der Waals surface area contributed by atoms with Crippen molar-refractivity contribution in [1.29, 1.82) is 0 Å². The van der Waals surface area contributed by atoms with Crippen LogP contribution in [0, 0.1) is 0 Å². The van der Waals surface area contributed by atoms with Crippen LogP contribution in [0.2, 0.25) is 0 Å². The van der Waals surface area contributed by atoms with E-state index in [0.29, 0.717) is 0 Å². The van der Waals surface area contributed by atoms with Crippen molar-refractivity contribution in [2.75, 3.05) is 13.2 Å². The van der Waals surface area contributed by atoms with Crippen molar-refractivity contribution < 1.29 is 18.6 Å². The molecular formula is C28H36F2O2S. The lowest BCUT2D eigenvalue weighted by Gasteiger charge is -2.15. The van der Waals surface area contributed by atoms with E-state index in [-0.39, 0.29) is 38.9 Å². The molecule has 2 nitrogen and oxygen atoms in total. The first-order valence-electron chi connectivity index (χ1n) is 12.2. The molecule has 2 aromatic carbocycles. The van der Waals surface area contributed by atoms with E-state index in [4.69, 9.17) is 9.84 Å². The van der Waals surface area contributed by atoms with Crippen LogP contribution in [0.1, 0.15) is 69.9 Å². The van der Waals surface area contributed by atoms with E-state index in [9.17, 15) is 8.78 Å². The Kier molecular flexibility index (Phi) is 9.69. The number of aliphatic hydroxyl groups is 1. The molecule has 0 atom stereocenters. The SMILES string of the molecule is CCCCCc1ccc(-c2cc3ccc(OCCCC(F)(F)CCCO)cc3s2)c(CC)c1. The molecule has 5 heteroatoms. The minimum Gasteiger partial charge on any atom is -0.494 e. The Hall–Kier alpha value is -1.98. The molecule has 3 rings (SSSR count). The summed E-state index contributed by atoms with van der Waals surface area (Å²) in [5.74, 6) is -2.02. The number of halogens is 2. The van der Waals surface area contributed by atoms with Gasteiger partial charge in [-0.2, -0.15) is 0 Å². The molecule has 1 N–H and O–H groups in total. The second-order valence-electron chi connectivity index (χ2n) is 8.75. The summed E-state index contributed by atoms with van der Waals surface area (Å²) in [4.78, 5) is 1.25. The molecule has 3 aromatic rings. The van der Waals surface area contributed by atoms with Crippen LogP contribution in [-0.4, -0.2) is 24.2 Å². The zero-order chi connectivity index (χ0) is 23.7. The van der Waals surface area contributed by atoms with Gasteiger partial charge >= 0.3 is 0 Å². The number of aliphatic hydroxyl groups excluding tert-OH is 1. The fourth-order valence-corrected chi connectivity index (χ4v) is 5.28. The molecule has 0 spiro atoms. The third-order valence-electron chi connectivity index (χ3n) is 6.03. The van der Waals surface area contributed by atoms with E-state index in [1.54, 1.807) is 11.3 Å². The van der Waals surface area contributed by atoms with Gasteiger partial charge < -0.3 is 9.84 Å². The molecule has 0 aliphatic heterocycles. The van der Waals surface area contributed by atoms with Gasteiger partial charge in [-0.05, 0) is 78.4 Å². The van der Waals surface area contributed by atoms with Crippen molar-refractivity contribution in [3.8, 4) is 16.2 Å². The first-order valence-corrected chi connectivity index (χ1v) is 13.0. The lowest BCUT2D eigenvalue weighted by Crippen LogP contribution is -2.17. The van der Waals surface area contributed by atoms with Gasteiger partial charge in [0.05, 0.1) is 6.61 Å². The summed E-state index contributed by atoms with van der Waals surface area (Å²) in [6.07, 6.45) is 5.83. The summed E-state index contributed by atoms with van der Waals surface area (Å²) in [7, 11) is 0. The zero-order valence-electron chi connectivity index (χ0n) is 19.8. The lowest BCUT2D eigenvalue weighted by molar-refractivity contribution is -0.0254. The highest BCUT2D eigenvalue weighted by molar-refractivity contribution is 7.22. The second-order valence-corrected chi connectivity index (χ2v) is 9.83. The number of thiophene rings is 1. The molecule has 0 amide bonds. The van der Waals surface area contributed by atoms with Crippen LogP contribution in [0.15, 0.2) is 42.5 Å². The first-order chi connectivity index (χ1) is 16.0. The predicted molar refractivity (Wildman–Crippen MR) is 136 cm³/mol. The predicted octanol–water partition coefficient (Wildman–Crippen LogP) is 8.43. The second kappa shape index (κ2) is 12.5.